The highest BCUT2D eigenvalue weighted by Gasteiger charge is 2.42. The van der Waals surface area contributed by atoms with Gasteiger partial charge in [0.15, 0.2) is 0 Å². The minimum Gasteiger partial charge on any atom is -0.0617 e. The van der Waals surface area contributed by atoms with E-state index in [4.69, 9.17) is 0 Å². The van der Waals surface area contributed by atoms with Crippen molar-refractivity contribution in [2.45, 2.75) is 53.6 Å². The van der Waals surface area contributed by atoms with Crippen LogP contribution in [0.4, 0.5) is 0 Å². The summed E-state index contributed by atoms with van der Waals surface area (Å²) in [6.45, 7) is 14.3. The van der Waals surface area contributed by atoms with Gasteiger partial charge in [0.05, 0.1) is 0 Å². The highest BCUT2D eigenvalue weighted by Crippen LogP contribution is 2.51. The number of rotatable bonds is 4. The predicted octanol–water partition coefficient (Wildman–Crippen LogP) is 7.25. The predicted molar refractivity (Wildman–Crippen MR) is 121 cm³/mol. The van der Waals surface area contributed by atoms with Crippen LogP contribution in [0.15, 0.2) is 47.5 Å². The number of hydrogen-bond acceptors (Lipinski definition) is 0. The minimum absolute atomic E-state index is 1.11. The molecule has 0 atom stereocenters. The average molecular weight is 371 g/mol. The van der Waals surface area contributed by atoms with E-state index in [0.29, 0.717) is 0 Å². The van der Waals surface area contributed by atoms with Crippen LogP contribution in [0.3, 0.4) is 0 Å². The molecule has 0 saturated carbocycles. The second-order valence-corrected chi connectivity index (χ2v) is 12.7. The molecule has 0 nitrogen and oxygen atoms in total. The smallest absolute Gasteiger partial charge is 0.0617 e. The Morgan fingerprint density at radius 2 is 1.07 bits per heavy atom. The molecule has 2 aromatic rings. The van der Waals surface area contributed by atoms with Crippen molar-refractivity contribution in [1.29, 1.82) is 0 Å². The first kappa shape index (κ1) is 18.5. The summed E-state index contributed by atoms with van der Waals surface area (Å²) in [4.78, 5) is 0. The van der Waals surface area contributed by atoms with Crippen LogP contribution in [-0.2, 0) is 0 Å². The van der Waals surface area contributed by atoms with Crippen molar-refractivity contribution < 1.29 is 0 Å². The number of aryl methyl sites for hydroxylation is 2. The molecule has 0 heterocycles. The fourth-order valence-electron chi connectivity index (χ4n) is 5.26. The highest BCUT2D eigenvalue weighted by molar-refractivity contribution is 7.09. The van der Waals surface area contributed by atoms with Crippen LogP contribution in [-0.4, -0.2) is 8.07 Å². The molecular formula is C26H30Si. The van der Waals surface area contributed by atoms with E-state index in [1.165, 1.54) is 33.4 Å². The third-order valence-electron chi connectivity index (χ3n) is 6.42. The van der Waals surface area contributed by atoms with E-state index in [1.54, 1.807) is 21.5 Å². The highest BCUT2D eigenvalue weighted by atomic mass is 28.3. The Bertz CT molecular complexity index is 906. The zero-order valence-corrected chi connectivity index (χ0v) is 18.5. The maximum atomic E-state index is 2.58. The molecule has 0 fully saturated rings. The summed E-state index contributed by atoms with van der Waals surface area (Å²) in [5.41, 5.74) is 11.9. The van der Waals surface area contributed by atoms with E-state index in [1.807, 2.05) is 0 Å². The molecule has 0 aromatic heterocycles. The molecule has 2 aliphatic carbocycles. The summed E-state index contributed by atoms with van der Waals surface area (Å²) in [6, 6.07) is 13.6. The van der Waals surface area contributed by atoms with Crippen LogP contribution in [0.1, 0.15) is 60.1 Å². The van der Waals surface area contributed by atoms with Crippen molar-refractivity contribution in [2.24, 2.45) is 0 Å². The van der Waals surface area contributed by atoms with Crippen molar-refractivity contribution in [3.8, 4) is 0 Å². The van der Waals surface area contributed by atoms with Gasteiger partial charge in [-0.2, -0.15) is 0 Å². The molecule has 0 unspecified atom stereocenters. The Balaban J connectivity index is 1.98. The Kier molecular flexibility index (Phi) is 4.54. The first-order chi connectivity index (χ1) is 12.9. The van der Waals surface area contributed by atoms with Gasteiger partial charge in [0, 0.05) is 12.8 Å². The Morgan fingerprint density at radius 1 is 0.667 bits per heavy atom. The maximum Gasteiger partial charge on any atom is 0.113 e. The number of benzene rings is 2. The van der Waals surface area contributed by atoms with Crippen LogP contribution in [0.25, 0.3) is 10.4 Å². The molecule has 2 aliphatic rings. The SMILES string of the molecule is CCC1=C([Si](C)(C)C2=C(CC)[CH]c3cccc(C)c32)c2c(C)cccc2[CH]1. The third-order valence-corrected chi connectivity index (χ3v) is 10.1. The number of allylic oxidation sites excluding steroid dienone is 2. The van der Waals surface area contributed by atoms with Gasteiger partial charge in [-0.3, -0.25) is 0 Å². The summed E-state index contributed by atoms with van der Waals surface area (Å²) in [7, 11) is -1.87. The monoisotopic (exact) mass is 370 g/mol. The van der Waals surface area contributed by atoms with Gasteiger partial charge in [0.25, 0.3) is 0 Å². The summed E-state index contributed by atoms with van der Waals surface area (Å²) >= 11 is 0. The van der Waals surface area contributed by atoms with Gasteiger partial charge in [-0.05, 0) is 70.5 Å². The van der Waals surface area contributed by atoms with E-state index < -0.39 is 8.07 Å². The average Bonchev–Trinajstić information content (AvgIpc) is 3.22. The largest absolute Gasteiger partial charge is 0.113 e. The summed E-state index contributed by atoms with van der Waals surface area (Å²) in [6.07, 6.45) is 7.13. The summed E-state index contributed by atoms with van der Waals surface area (Å²) in [5.74, 6) is 0. The fraction of sp³-hybridized carbons (Fsp3) is 0.308. The molecule has 27 heavy (non-hydrogen) atoms. The lowest BCUT2D eigenvalue weighted by Crippen LogP contribution is -2.32. The van der Waals surface area contributed by atoms with Crippen molar-refractivity contribution in [3.05, 3.63) is 93.8 Å². The van der Waals surface area contributed by atoms with Gasteiger partial charge >= 0.3 is 0 Å². The molecule has 138 valence electrons. The second kappa shape index (κ2) is 6.63. The zero-order valence-electron chi connectivity index (χ0n) is 17.5. The lowest BCUT2D eigenvalue weighted by atomic mass is 10.0. The zero-order chi connectivity index (χ0) is 19.3. The Morgan fingerprint density at radius 3 is 1.44 bits per heavy atom. The van der Waals surface area contributed by atoms with Crippen LogP contribution in [0.2, 0.25) is 13.1 Å². The number of hydrogen-bond donors (Lipinski definition) is 0. The molecule has 0 amide bonds. The lowest BCUT2D eigenvalue weighted by molar-refractivity contribution is 1.13. The van der Waals surface area contributed by atoms with Gasteiger partial charge in [-0.15, -0.1) is 0 Å². The molecule has 0 saturated heterocycles. The molecule has 1 heteroatoms. The first-order valence-electron chi connectivity index (χ1n) is 10.3. The van der Waals surface area contributed by atoms with Crippen LogP contribution in [0.5, 0.6) is 0 Å². The first-order valence-corrected chi connectivity index (χ1v) is 13.3. The third kappa shape index (κ3) is 2.70. The number of fused-ring (bicyclic) bond motifs is 2. The van der Waals surface area contributed by atoms with Gasteiger partial charge in [0.2, 0.25) is 0 Å². The molecule has 0 aliphatic heterocycles. The van der Waals surface area contributed by atoms with Crippen molar-refractivity contribution >= 4 is 18.5 Å². The van der Waals surface area contributed by atoms with Gasteiger partial charge in [-0.1, -0.05) is 74.5 Å². The molecule has 0 N–H and O–H groups in total. The van der Waals surface area contributed by atoms with E-state index in [0.717, 1.165) is 12.8 Å². The van der Waals surface area contributed by atoms with Crippen molar-refractivity contribution in [1.82, 2.24) is 0 Å². The second-order valence-electron chi connectivity index (χ2n) is 8.50. The van der Waals surface area contributed by atoms with E-state index in [9.17, 15) is 0 Å². The van der Waals surface area contributed by atoms with Gasteiger partial charge in [0.1, 0.15) is 8.07 Å². The summed E-state index contributed by atoms with van der Waals surface area (Å²) < 4.78 is 0. The summed E-state index contributed by atoms with van der Waals surface area (Å²) in [5, 5.41) is 3.34. The minimum atomic E-state index is -1.87. The molecule has 2 aromatic carbocycles. The van der Waals surface area contributed by atoms with Crippen molar-refractivity contribution in [3.63, 3.8) is 0 Å². The van der Waals surface area contributed by atoms with E-state index >= 15 is 0 Å². The quantitative estimate of drug-likeness (QED) is 0.497. The molecule has 0 bridgehead atoms. The van der Waals surface area contributed by atoms with E-state index in [2.05, 4.69) is 90.0 Å². The van der Waals surface area contributed by atoms with Crippen LogP contribution in [0, 0.1) is 26.7 Å². The molecular weight excluding hydrogens is 340 g/mol. The maximum absolute atomic E-state index is 2.58. The van der Waals surface area contributed by atoms with Gasteiger partial charge < -0.3 is 0 Å². The molecule has 0 spiro atoms. The Labute approximate surface area is 166 Å². The molecule has 2 radical (unpaired) electrons. The lowest BCUT2D eigenvalue weighted by Gasteiger charge is -2.32. The fourth-order valence-corrected chi connectivity index (χ4v) is 9.54. The van der Waals surface area contributed by atoms with Gasteiger partial charge in [-0.25, -0.2) is 0 Å². The topological polar surface area (TPSA) is 0 Å². The van der Waals surface area contributed by atoms with Crippen molar-refractivity contribution in [2.75, 3.05) is 0 Å². The standard InChI is InChI=1S/C26H30Si/c1-7-19-15-21-13-9-11-17(3)23(21)25(19)27(5,6)26-20(8-2)16-22-14-10-12-18(4)24(22)26/h9-16H,7-8H2,1-6H3. The van der Waals surface area contributed by atoms with Crippen LogP contribution >= 0.6 is 0 Å². The Hall–Kier alpha value is -1.86. The van der Waals surface area contributed by atoms with Crippen LogP contribution < -0.4 is 0 Å². The van der Waals surface area contributed by atoms with E-state index in [-0.39, 0.29) is 0 Å². The molecule has 4 rings (SSSR count). The normalized spacial score (nSPS) is 16.2.